The molecule has 0 aromatic heterocycles. The van der Waals surface area contributed by atoms with Crippen molar-refractivity contribution in [2.75, 3.05) is 52.7 Å². The van der Waals surface area contributed by atoms with Gasteiger partial charge in [0.25, 0.3) is 0 Å². The topological polar surface area (TPSA) is 94.5 Å². The molecule has 2 aromatic carbocycles. The smallest absolute Gasteiger partial charge is 0.338 e. The number of hydrogen-bond donors (Lipinski definition) is 1. The van der Waals surface area contributed by atoms with E-state index in [1.54, 1.807) is 13.8 Å². The summed E-state index contributed by atoms with van der Waals surface area (Å²) in [5.74, 6) is -2.84. The highest BCUT2D eigenvalue weighted by molar-refractivity contribution is 5.90. The summed E-state index contributed by atoms with van der Waals surface area (Å²) < 4.78 is 46.7. The molecule has 0 radical (unpaired) electrons. The molecule has 0 atom stereocenters. The summed E-state index contributed by atoms with van der Waals surface area (Å²) >= 11 is 0. The third-order valence-electron chi connectivity index (χ3n) is 4.67. The van der Waals surface area contributed by atoms with Crippen molar-refractivity contribution >= 4 is 11.9 Å². The lowest BCUT2D eigenvalue weighted by atomic mass is 10.2. The van der Waals surface area contributed by atoms with Gasteiger partial charge >= 0.3 is 11.9 Å². The summed E-state index contributed by atoms with van der Waals surface area (Å²) in [6.45, 7) is 8.18. The number of esters is 2. The van der Waals surface area contributed by atoms with Crippen LogP contribution >= 0.6 is 0 Å². The molecule has 2 aromatic rings. The minimum absolute atomic E-state index is 0.0946. The van der Waals surface area contributed by atoms with E-state index in [0.29, 0.717) is 6.61 Å². The van der Waals surface area contributed by atoms with Crippen molar-refractivity contribution in [3.8, 4) is 11.5 Å². The fourth-order valence-corrected chi connectivity index (χ4v) is 2.92. The molecule has 186 valence electrons. The van der Waals surface area contributed by atoms with Gasteiger partial charge in [0.05, 0.1) is 37.6 Å². The maximum Gasteiger partial charge on any atom is 0.338 e. The van der Waals surface area contributed by atoms with Crippen molar-refractivity contribution in [3.63, 3.8) is 0 Å². The van der Waals surface area contributed by atoms with Crippen LogP contribution in [0.1, 0.15) is 34.6 Å². The highest BCUT2D eigenvalue weighted by Crippen LogP contribution is 2.19. The quantitative estimate of drug-likeness (QED) is 0.574. The van der Waals surface area contributed by atoms with Crippen molar-refractivity contribution in [2.45, 2.75) is 13.8 Å². The van der Waals surface area contributed by atoms with Crippen molar-refractivity contribution in [1.29, 1.82) is 0 Å². The molecule has 1 fully saturated rings. The van der Waals surface area contributed by atoms with Gasteiger partial charge in [0, 0.05) is 19.6 Å². The SMILES string of the molecule is CCOC(=O)c1ccc(O)c(F)c1.CCOC(=O)c1ccc(OCCN2CCOCC2)c(F)c1. The van der Waals surface area contributed by atoms with Crippen LogP contribution in [0.15, 0.2) is 36.4 Å². The van der Waals surface area contributed by atoms with Crippen LogP contribution < -0.4 is 4.74 Å². The van der Waals surface area contributed by atoms with Crippen LogP contribution in [0.3, 0.4) is 0 Å². The fraction of sp³-hybridized carbons (Fsp3) is 0.417. The number of ether oxygens (including phenoxy) is 4. The van der Waals surface area contributed by atoms with Gasteiger partial charge in [-0.15, -0.1) is 0 Å². The molecule has 0 aliphatic carbocycles. The van der Waals surface area contributed by atoms with Gasteiger partial charge in [-0.3, -0.25) is 4.90 Å². The zero-order valence-electron chi connectivity index (χ0n) is 19.2. The molecular weight excluding hydrogens is 452 g/mol. The molecule has 1 aliphatic heterocycles. The van der Waals surface area contributed by atoms with Crippen LogP contribution in [0.25, 0.3) is 0 Å². The Balaban J connectivity index is 0.000000270. The molecule has 0 spiro atoms. The lowest BCUT2D eigenvalue weighted by Crippen LogP contribution is -2.38. The average molecular weight is 481 g/mol. The Morgan fingerprint density at radius 2 is 1.50 bits per heavy atom. The normalized spacial score (nSPS) is 13.4. The number of phenolic OH excluding ortho intramolecular Hbond substituents is 1. The van der Waals surface area contributed by atoms with Crippen molar-refractivity contribution in [1.82, 2.24) is 4.90 Å². The maximum absolute atomic E-state index is 13.8. The number of aromatic hydroxyl groups is 1. The molecule has 0 amide bonds. The van der Waals surface area contributed by atoms with Gasteiger partial charge < -0.3 is 24.1 Å². The number of rotatable bonds is 8. The predicted octanol–water partition coefficient (Wildman–Crippen LogP) is 3.42. The molecule has 8 nitrogen and oxygen atoms in total. The number of halogens is 2. The molecule has 0 bridgehead atoms. The first-order chi connectivity index (χ1) is 16.3. The Hall–Kier alpha value is -3.24. The van der Waals surface area contributed by atoms with E-state index in [0.717, 1.165) is 51.0 Å². The number of nitrogens with zero attached hydrogens (tertiary/aromatic N) is 1. The fourth-order valence-electron chi connectivity index (χ4n) is 2.92. The monoisotopic (exact) mass is 481 g/mol. The molecule has 1 heterocycles. The van der Waals surface area contributed by atoms with E-state index in [1.807, 2.05) is 0 Å². The second-order valence-electron chi connectivity index (χ2n) is 7.05. The first-order valence-electron chi connectivity index (χ1n) is 10.9. The van der Waals surface area contributed by atoms with E-state index in [-0.39, 0.29) is 30.1 Å². The Labute approximate surface area is 197 Å². The Morgan fingerprint density at radius 3 is 2.03 bits per heavy atom. The molecule has 1 saturated heterocycles. The third-order valence-corrected chi connectivity index (χ3v) is 4.67. The largest absolute Gasteiger partial charge is 0.505 e. The number of hydrogen-bond acceptors (Lipinski definition) is 8. The minimum atomic E-state index is -0.828. The van der Waals surface area contributed by atoms with E-state index < -0.39 is 29.3 Å². The highest BCUT2D eigenvalue weighted by Gasteiger charge is 2.13. The molecule has 3 rings (SSSR count). The molecule has 10 heteroatoms. The van der Waals surface area contributed by atoms with Gasteiger partial charge in [-0.1, -0.05) is 0 Å². The zero-order chi connectivity index (χ0) is 24.9. The summed E-state index contributed by atoms with van der Waals surface area (Å²) in [6, 6.07) is 7.46. The molecule has 1 N–H and O–H groups in total. The van der Waals surface area contributed by atoms with Gasteiger partial charge in [-0.05, 0) is 50.2 Å². The van der Waals surface area contributed by atoms with E-state index in [9.17, 15) is 18.4 Å². The second-order valence-corrected chi connectivity index (χ2v) is 7.05. The Morgan fingerprint density at radius 1 is 0.941 bits per heavy atom. The predicted molar refractivity (Wildman–Crippen MR) is 119 cm³/mol. The van der Waals surface area contributed by atoms with Gasteiger partial charge in [-0.2, -0.15) is 0 Å². The van der Waals surface area contributed by atoms with Crippen molar-refractivity contribution < 1.29 is 42.4 Å². The molecule has 34 heavy (non-hydrogen) atoms. The molecule has 0 saturated carbocycles. The summed E-state index contributed by atoms with van der Waals surface area (Å²) in [5.41, 5.74) is 0.284. The molecular formula is C24H29F2NO7. The number of morpholine rings is 1. The third kappa shape index (κ3) is 8.60. The van der Waals surface area contributed by atoms with Crippen molar-refractivity contribution in [3.05, 3.63) is 59.2 Å². The van der Waals surface area contributed by atoms with E-state index in [1.165, 1.54) is 18.2 Å². The highest BCUT2D eigenvalue weighted by atomic mass is 19.1. The minimum Gasteiger partial charge on any atom is -0.505 e. The van der Waals surface area contributed by atoms with E-state index >= 15 is 0 Å². The number of carbonyl (C=O) groups is 2. The summed E-state index contributed by atoms with van der Waals surface area (Å²) in [4.78, 5) is 24.7. The van der Waals surface area contributed by atoms with Gasteiger partial charge in [-0.25, -0.2) is 18.4 Å². The standard InChI is InChI=1S/C15H20FNO4.C9H9FO3/c1-2-20-15(18)12-3-4-14(13(16)11-12)21-10-7-17-5-8-19-9-6-17;1-2-13-9(12)6-3-4-8(11)7(10)5-6/h3-4,11H,2,5-10H2,1H3;3-5,11H,2H2,1H3. The van der Waals surface area contributed by atoms with Gasteiger partial charge in [0.15, 0.2) is 23.1 Å². The first kappa shape index (κ1) is 27.0. The summed E-state index contributed by atoms with van der Waals surface area (Å²) in [6.07, 6.45) is 0. The molecule has 0 unspecified atom stereocenters. The average Bonchev–Trinajstić information content (AvgIpc) is 2.83. The number of phenols is 1. The lowest BCUT2D eigenvalue weighted by Gasteiger charge is -2.26. The Kier molecular flexibility index (Phi) is 11.2. The maximum atomic E-state index is 13.8. The zero-order valence-corrected chi connectivity index (χ0v) is 19.2. The van der Waals surface area contributed by atoms with E-state index in [2.05, 4.69) is 9.64 Å². The van der Waals surface area contributed by atoms with Crippen LogP contribution in [0.5, 0.6) is 11.5 Å². The van der Waals surface area contributed by atoms with Crippen LogP contribution in [0.2, 0.25) is 0 Å². The number of benzene rings is 2. The number of carbonyl (C=O) groups excluding carboxylic acids is 2. The summed E-state index contributed by atoms with van der Waals surface area (Å²) in [7, 11) is 0. The van der Waals surface area contributed by atoms with Crippen LogP contribution in [-0.4, -0.2) is 74.6 Å². The van der Waals surface area contributed by atoms with Crippen LogP contribution in [-0.2, 0) is 14.2 Å². The lowest BCUT2D eigenvalue weighted by molar-refractivity contribution is 0.0320. The van der Waals surface area contributed by atoms with E-state index in [4.69, 9.17) is 19.3 Å². The van der Waals surface area contributed by atoms with Gasteiger partial charge in [0.2, 0.25) is 0 Å². The van der Waals surface area contributed by atoms with Crippen LogP contribution in [0, 0.1) is 11.6 Å². The van der Waals surface area contributed by atoms with Gasteiger partial charge in [0.1, 0.15) is 6.61 Å². The van der Waals surface area contributed by atoms with Crippen LogP contribution in [0.4, 0.5) is 8.78 Å². The molecule has 1 aliphatic rings. The van der Waals surface area contributed by atoms with Crippen molar-refractivity contribution in [2.24, 2.45) is 0 Å². The first-order valence-corrected chi connectivity index (χ1v) is 10.9. The second kappa shape index (κ2) is 14.1. The summed E-state index contributed by atoms with van der Waals surface area (Å²) in [5, 5.41) is 8.83. The Bertz CT molecular complexity index is 949.